The summed E-state index contributed by atoms with van der Waals surface area (Å²) in [6, 6.07) is 0. The van der Waals surface area contributed by atoms with Crippen LogP contribution in [0.25, 0.3) is 0 Å². The lowest BCUT2D eigenvalue weighted by atomic mass is 9.93. The van der Waals surface area contributed by atoms with Gasteiger partial charge in [-0.3, -0.25) is 0 Å². The van der Waals surface area contributed by atoms with Crippen molar-refractivity contribution in [2.24, 2.45) is 5.92 Å². The molecule has 122 valence electrons. The van der Waals surface area contributed by atoms with Gasteiger partial charge in [0.15, 0.2) is 0 Å². The van der Waals surface area contributed by atoms with E-state index < -0.39 is 0 Å². The Kier molecular flexibility index (Phi) is 17.1. The summed E-state index contributed by atoms with van der Waals surface area (Å²) in [5.74, 6) is 1.02. The van der Waals surface area contributed by atoms with Gasteiger partial charge in [0.1, 0.15) is 0 Å². The monoisotopic (exact) mass is 282 g/mol. The van der Waals surface area contributed by atoms with Gasteiger partial charge in [-0.1, -0.05) is 124 Å². The Labute approximate surface area is 130 Å². The Balaban J connectivity index is 3.15. The first-order chi connectivity index (χ1) is 9.85. The van der Waals surface area contributed by atoms with Crippen LogP contribution >= 0.6 is 0 Å². The van der Waals surface area contributed by atoms with Gasteiger partial charge < -0.3 is 0 Å². The van der Waals surface area contributed by atoms with Crippen LogP contribution in [0.1, 0.15) is 124 Å². The molecule has 0 aromatic carbocycles. The van der Waals surface area contributed by atoms with Gasteiger partial charge in [-0.25, -0.2) is 0 Å². The van der Waals surface area contributed by atoms with E-state index in [1.807, 2.05) is 0 Å². The third kappa shape index (κ3) is 14.4. The minimum Gasteiger partial charge on any atom is -0.0654 e. The van der Waals surface area contributed by atoms with E-state index in [1.54, 1.807) is 0 Å². The summed E-state index contributed by atoms with van der Waals surface area (Å²) in [4.78, 5) is 0. The smallest absolute Gasteiger partial charge is 0.0417 e. The fraction of sp³-hybridized carbons (Fsp3) is 1.00. The number of hydrogen-bond donors (Lipinski definition) is 0. The maximum absolute atomic E-state index is 2.37. The van der Waals surface area contributed by atoms with Gasteiger partial charge in [-0.05, 0) is 5.92 Å². The molecule has 0 aliphatic rings. The highest BCUT2D eigenvalue weighted by Crippen LogP contribution is 2.20. The molecule has 0 spiro atoms. The van der Waals surface area contributed by atoms with Crippen molar-refractivity contribution < 1.29 is 0 Å². The van der Waals surface area contributed by atoms with Gasteiger partial charge >= 0.3 is 0 Å². The SMILES string of the molecule is CCCCCCCCCCCCCC(CC)CCCC. The molecule has 0 bridgehead atoms. The van der Waals surface area contributed by atoms with Crippen molar-refractivity contribution >= 4 is 0 Å². The number of hydrogen-bond acceptors (Lipinski definition) is 0. The van der Waals surface area contributed by atoms with Crippen LogP contribution in [0, 0.1) is 5.92 Å². The van der Waals surface area contributed by atoms with Crippen molar-refractivity contribution in [3.8, 4) is 0 Å². The second-order valence-corrected chi connectivity index (χ2v) is 6.74. The normalized spacial score (nSPS) is 12.8. The lowest BCUT2D eigenvalue weighted by Crippen LogP contribution is -1.98. The van der Waals surface area contributed by atoms with Crippen LogP contribution in [-0.4, -0.2) is 0 Å². The lowest BCUT2D eigenvalue weighted by Gasteiger charge is -2.13. The molecular formula is C20H42. The van der Waals surface area contributed by atoms with E-state index in [1.165, 1.54) is 103 Å². The van der Waals surface area contributed by atoms with Crippen LogP contribution in [0.3, 0.4) is 0 Å². The van der Waals surface area contributed by atoms with Crippen molar-refractivity contribution in [1.29, 1.82) is 0 Å². The molecular weight excluding hydrogens is 240 g/mol. The molecule has 0 nitrogen and oxygen atoms in total. The number of unbranched alkanes of at least 4 members (excludes halogenated alkanes) is 11. The molecule has 0 saturated carbocycles. The highest BCUT2D eigenvalue weighted by atomic mass is 14.1. The van der Waals surface area contributed by atoms with Crippen LogP contribution in [0.2, 0.25) is 0 Å². The first-order valence-corrected chi connectivity index (χ1v) is 9.85. The largest absolute Gasteiger partial charge is 0.0654 e. The fourth-order valence-electron chi connectivity index (χ4n) is 3.14. The topological polar surface area (TPSA) is 0 Å². The zero-order chi connectivity index (χ0) is 14.9. The predicted octanol–water partition coefficient (Wildman–Crippen LogP) is 7.90. The molecule has 0 saturated heterocycles. The van der Waals surface area contributed by atoms with E-state index in [9.17, 15) is 0 Å². The van der Waals surface area contributed by atoms with E-state index in [0.717, 1.165) is 5.92 Å². The molecule has 0 N–H and O–H groups in total. The highest BCUT2D eigenvalue weighted by molar-refractivity contribution is 4.58. The third-order valence-electron chi connectivity index (χ3n) is 4.76. The van der Waals surface area contributed by atoms with Gasteiger partial charge in [0.2, 0.25) is 0 Å². The summed E-state index contributed by atoms with van der Waals surface area (Å²) in [6.07, 6.45) is 23.3. The van der Waals surface area contributed by atoms with Crippen LogP contribution in [0.5, 0.6) is 0 Å². The molecule has 0 aromatic rings. The molecule has 0 amide bonds. The molecule has 0 rings (SSSR count). The molecule has 0 aromatic heterocycles. The van der Waals surface area contributed by atoms with Gasteiger partial charge in [-0.2, -0.15) is 0 Å². The van der Waals surface area contributed by atoms with Crippen molar-refractivity contribution in [2.75, 3.05) is 0 Å². The van der Waals surface area contributed by atoms with Crippen LogP contribution in [0.4, 0.5) is 0 Å². The van der Waals surface area contributed by atoms with Gasteiger partial charge in [0.05, 0.1) is 0 Å². The molecule has 20 heavy (non-hydrogen) atoms. The second-order valence-electron chi connectivity index (χ2n) is 6.74. The summed E-state index contributed by atoms with van der Waals surface area (Å²) in [7, 11) is 0. The van der Waals surface area contributed by atoms with E-state index in [2.05, 4.69) is 20.8 Å². The highest BCUT2D eigenvalue weighted by Gasteiger charge is 2.04. The van der Waals surface area contributed by atoms with Crippen molar-refractivity contribution in [3.05, 3.63) is 0 Å². The van der Waals surface area contributed by atoms with Crippen LogP contribution in [0.15, 0.2) is 0 Å². The van der Waals surface area contributed by atoms with E-state index >= 15 is 0 Å². The van der Waals surface area contributed by atoms with E-state index in [0.29, 0.717) is 0 Å². The maximum Gasteiger partial charge on any atom is -0.0417 e. The summed E-state index contributed by atoms with van der Waals surface area (Å²) < 4.78 is 0. The van der Waals surface area contributed by atoms with Gasteiger partial charge in [-0.15, -0.1) is 0 Å². The average molecular weight is 283 g/mol. The standard InChI is InChI=1S/C20H42/c1-4-7-9-10-11-12-13-14-15-16-17-19-20(6-3)18-8-5-2/h20H,4-19H2,1-3H3. The molecule has 0 fully saturated rings. The summed E-state index contributed by atoms with van der Waals surface area (Å²) >= 11 is 0. The summed E-state index contributed by atoms with van der Waals surface area (Å²) in [5, 5.41) is 0. The van der Waals surface area contributed by atoms with Gasteiger partial charge in [0, 0.05) is 0 Å². The number of rotatable bonds is 16. The molecule has 0 aliphatic heterocycles. The Bertz CT molecular complexity index is 161. The second kappa shape index (κ2) is 17.1. The predicted molar refractivity (Wildman–Crippen MR) is 94.4 cm³/mol. The zero-order valence-corrected chi connectivity index (χ0v) is 14.9. The Hall–Kier alpha value is 0. The third-order valence-corrected chi connectivity index (χ3v) is 4.76. The summed E-state index contributed by atoms with van der Waals surface area (Å²) in [6.45, 7) is 6.99. The zero-order valence-electron chi connectivity index (χ0n) is 14.9. The first-order valence-electron chi connectivity index (χ1n) is 9.85. The minimum atomic E-state index is 1.02. The minimum absolute atomic E-state index is 1.02. The molecule has 0 heteroatoms. The van der Waals surface area contributed by atoms with Crippen molar-refractivity contribution in [1.82, 2.24) is 0 Å². The summed E-state index contributed by atoms with van der Waals surface area (Å²) in [5.41, 5.74) is 0. The van der Waals surface area contributed by atoms with Crippen molar-refractivity contribution in [2.45, 2.75) is 124 Å². The van der Waals surface area contributed by atoms with Crippen LogP contribution < -0.4 is 0 Å². The van der Waals surface area contributed by atoms with E-state index in [4.69, 9.17) is 0 Å². The quantitative estimate of drug-likeness (QED) is 0.252. The maximum atomic E-state index is 2.37. The molecule has 0 aliphatic carbocycles. The Morgan fingerprint density at radius 3 is 1.30 bits per heavy atom. The Morgan fingerprint density at radius 1 is 0.450 bits per heavy atom. The van der Waals surface area contributed by atoms with Gasteiger partial charge in [0.25, 0.3) is 0 Å². The molecule has 0 radical (unpaired) electrons. The molecule has 1 unspecified atom stereocenters. The van der Waals surface area contributed by atoms with Crippen LogP contribution in [-0.2, 0) is 0 Å². The average Bonchev–Trinajstić information content (AvgIpc) is 2.48. The molecule has 0 heterocycles. The molecule has 1 atom stereocenters. The lowest BCUT2D eigenvalue weighted by molar-refractivity contribution is 0.399. The van der Waals surface area contributed by atoms with Crippen molar-refractivity contribution in [3.63, 3.8) is 0 Å². The first kappa shape index (κ1) is 20.0. The fourth-order valence-corrected chi connectivity index (χ4v) is 3.14. The van der Waals surface area contributed by atoms with E-state index in [-0.39, 0.29) is 0 Å². The Morgan fingerprint density at radius 2 is 0.850 bits per heavy atom.